The third-order valence-corrected chi connectivity index (χ3v) is 6.00. The van der Waals surface area contributed by atoms with Crippen LogP contribution < -0.4 is 9.21 Å². The second kappa shape index (κ2) is 7.10. The van der Waals surface area contributed by atoms with Crippen LogP contribution in [0.25, 0.3) is 0 Å². The fourth-order valence-electron chi connectivity index (χ4n) is 3.21. The van der Waals surface area contributed by atoms with Gasteiger partial charge in [0, 0.05) is 16.8 Å². The molecule has 0 bridgehead atoms. The molecule has 1 aliphatic heterocycles. The van der Waals surface area contributed by atoms with Crippen molar-refractivity contribution in [3.63, 3.8) is 0 Å². The van der Waals surface area contributed by atoms with Gasteiger partial charge in [-0.05, 0) is 43.2 Å². The number of para-hydroxylation sites is 1. The Kier molecular flexibility index (Phi) is 5.19. The average Bonchev–Trinajstić information content (AvgIpc) is 2.88. The number of sulfonamides is 1. The molecule has 138 valence electrons. The maximum atomic E-state index is 13.0. The monoisotopic (exact) mass is 412 g/mol. The molecule has 26 heavy (non-hydrogen) atoms. The van der Waals surface area contributed by atoms with Crippen LogP contribution in [-0.2, 0) is 21.2 Å². The standard InChI is InChI=1S/C18H18Cl2N2O3S/c1-12-9-13-5-3-4-6-16(13)22(12)18(23)11-21(26(2,24)25)17-8-7-14(19)10-15(17)20/h3-8,10,12H,9,11H2,1-2H3/t12-/m0/s1. The van der Waals surface area contributed by atoms with E-state index in [9.17, 15) is 13.2 Å². The van der Waals surface area contributed by atoms with Crippen LogP contribution >= 0.6 is 23.2 Å². The van der Waals surface area contributed by atoms with Crippen molar-refractivity contribution in [1.29, 1.82) is 0 Å². The van der Waals surface area contributed by atoms with E-state index in [4.69, 9.17) is 23.2 Å². The van der Waals surface area contributed by atoms with Crippen LogP contribution in [-0.4, -0.2) is 33.2 Å². The summed E-state index contributed by atoms with van der Waals surface area (Å²) in [5, 5.41) is 0.561. The maximum absolute atomic E-state index is 13.0. The molecule has 1 heterocycles. The first-order valence-electron chi connectivity index (χ1n) is 8.01. The lowest BCUT2D eigenvalue weighted by Crippen LogP contribution is -2.45. The molecule has 3 rings (SSSR count). The molecule has 0 spiro atoms. The molecule has 0 radical (unpaired) electrons. The Morgan fingerprint density at radius 1 is 1.23 bits per heavy atom. The molecule has 2 aromatic rings. The van der Waals surface area contributed by atoms with Gasteiger partial charge in [0.1, 0.15) is 6.54 Å². The van der Waals surface area contributed by atoms with Gasteiger partial charge in [0.25, 0.3) is 0 Å². The van der Waals surface area contributed by atoms with Gasteiger partial charge in [0.2, 0.25) is 15.9 Å². The topological polar surface area (TPSA) is 57.7 Å². The fraction of sp³-hybridized carbons (Fsp3) is 0.278. The van der Waals surface area contributed by atoms with Gasteiger partial charge in [0.15, 0.2) is 0 Å². The van der Waals surface area contributed by atoms with Crippen LogP contribution in [0, 0.1) is 0 Å². The minimum atomic E-state index is -3.71. The summed E-state index contributed by atoms with van der Waals surface area (Å²) in [6, 6.07) is 12.1. The Morgan fingerprint density at radius 3 is 2.58 bits per heavy atom. The number of hydrogen-bond acceptors (Lipinski definition) is 3. The van der Waals surface area contributed by atoms with Crippen LogP contribution in [0.5, 0.6) is 0 Å². The van der Waals surface area contributed by atoms with E-state index in [1.165, 1.54) is 12.1 Å². The quantitative estimate of drug-likeness (QED) is 0.768. The zero-order chi connectivity index (χ0) is 19.1. The molecule has 0 fully saturated rings. The molecule has 1 amide bonds. The van der Waals surface area contributed by atoms with Gasteiger partial charge in [-0.2, -0.15) is 0 Å². The molecule has 0 aliphatic carbocycles. The summed E-state index contributed by atoms with van der Waals surface area (Å²) >= 11 is 12.1. The summed E-state index contributed by atoms with van der Waals surface area (Å²) in [6.07, 6.45) is 1.79. The van der Waals surface area contributed by atoms with Crippen LogP contribution in [0.3, 0.4) is 0 Å². The van der Waals surface area contributed by atoms with Crippen LogP contribution in [0.15, 0.2) is 42.5 Å². The maximum Gasteiger partial charge on any atom is 0.248 e. The van der Waals surface area contributed by atoms with Gasteiger partial charge < -0.3 is 4.90 Å². The smallest absolute Gasteiger partial charge is 0.248 e. The number of halogens is 2. The van der Waals surface area contributed by atoms with Gasteiger partial charge in [-0.25, -0.2) is 8.42 Å². The Labute approximate surface area is 163 Å². The summed E-state index contributed by atoms with van der Waals surface area (Å²) in [7, 11) is -3.71. The predicted molar refractivity (Wildman–Crippen MR) is 106 cm³/mol. The largest absolute Gasteiger partial charge is 0.307 e. The Morgan fingerprint density at radius 2 is 1.92 bits per heavy atom. The van der Waals surface area contributed by atoms with Gasteiger partial charge in [0.05, 0.1) is 17.0 Å². The highest BCUT2D eigenvalue weighted by Gasteiger charge is 2.33. The molecule has 0 saturated heterocycles. The molecule has 5 nitrogen and oxygen atoms in total. The van der Waals surface area contributed by atoms with Gasteiger partial charge in [-0.3, -0.25) is 9.10 Å². The highest BCUT2D eigenvalue weighted by Crippen LogP contribution is 2.34. The van der Waals surface area contributed by atoms with Crippen LogP contribution in [0.1, 0.15) is 12.5 Å². The molecule has 0 aromatic heterocycles. The van der Waals surface area contributed by atoms with Crippen molar-refractivity contribution < 1.29 is 13.2 Å². The highest BCUT2D eigenvalue weighted by atomic mass is 35.5. The summed E-state index contributed by atoms with van der Waals surface area (Å²) < 4.78 is 25.6. The van der Waals surface area contributed by atoms with Crippen molar-refractivity contribution in [3.05, 3.63) is 58.1 Å². The lowest BCUT2D eigenvalue weighted by atomic mass is 10.1. The zero-order valence-electron chi connectivity index (χ0n) is 14.3. The number of anilines is 2. The van der Waals surface area contributed by atoms with Gasteiger partial charge >= 0.3 is 0 Å². The summed E-state index contributed by atoms with van der Waals surface area (Å²) in [5.74, 6) is -0.307. The number of carbonyl (C=O) groups excluding carboxylic acids is 1. The van der Waals surface area contributed by atoms with E-state index in [1.807, 2.05) is 31.2 Å². The molecular formula is C18H18Cl2N2O3S. The molecule has 0 unspecified atom stereocenters. The lowest BCUT2D eigenvalue weighted by Gasteiger charge is -2.28. The predicted octanol–water partition coefficient (Wildman–Crippen LogP) is 3.74. The lowest BCUT2D eigenvalue weighted by molar-refractivity contribution is -0.117. The van der Waals surface area contributed by atoms with Gasteiger partial charge in [-0.15, -0.1) is 0 Å². The zero-order valence-corrected chi connectivity index (χ0v) is 16.6. The SMILES string of the molecule is C[C@H]1Cc2ccccc2N1C(=O)CN(c1ccc(Cl)cc1Cl)S(C)(=O)=O. The summed E-state index contributed by atoms with van der Waals surface area (Å²) in [5.41, 5.74) is 2.12. The summed E-state index contributed by atoms with van der Waals surface area (Å²) in [4.78, 5) is 14.6. The van der Waals surface area contributed by atoms with Gasteiger partial charge in [-0.1, -0.05) is 41.4 Å². The van der Waals surface area contributed by atoms with Crippen LogP contribution in [0.2, 0.25) is 10.0 Å². The van der Waals surface area contributed by atoms with E-state index in [2.05, 4.69) is 0 Å². The number of rotatable bonds is 4. The molecule has 2 aromatic carbocycles. The van der Waals surface area contributed by atoms with Crippen molar-refractivity contribution in [2.24, 2.45) is 0 Å². The number of nitrogens with zero attached hydrogens (tertiary/aromatic N) is 2. The number of carbonyl (C=O) groups is 1. The van der Waals surface area contributed by atoms with Crippen LogP contribution in [0.4, 0.5) is 11.4 Å². The van der Waals surface area contributed by atoms with E-state index in [0.29, 0.717) is 5.02 Å². The van der Waals surface area contributed by atoms with Crippen molar-refractivity contribution in [2.45, 2.75) is 19.4 Å². The summed E-state index contributed by atoms with van der Waals surface area (Å²) in [6.45, 7) is 1.61. The van der Waals surface area contributed by atoms with E-state index in [-0.39, 0.29) is 29.2 Å². The number of fused-ring (bicyclic) bond motifs is 1. The first-order valence-corrected chi connectivity index (χ1v) is 10.6. The van der Waals surface area contributed by atoms with E-state index in [0.717, 1.165) is 28.2 Å². The van der Waals surface area contributed by atoms with E-state index in [1.54, 1.807) is 11.0 Å². The molecule has 0 N–H and O–H groups in total. The minimum absolute atomic E-state index is 0.0398. The highest BCUT2D eigenvalue weighted by molar-refractivity contribution is 7.92. The molecule has 1 aliphatic rings. The molecule has 0 saturated carbocycles. The number of amides is 1. The van der Waals surface area contributed by atoms with E-state index < -0.39 is 10.0 Å². The average molecular weight is 413 g/mol. The third-order valence-electron chi connectivity index (χ3n) is 4.33. The Balaban J connectivity index is 1.94. The van der Waals surface area contributed by atoms with E-state index >= 15 is 0 Å². The second-order valence-corrected chi connectivity index (χ2v) is 9.06. The van der Waals surface area contributed by atoms with Crippen molar-refractivity contribution in [2.75, 3.05) is 22.0 Å². The molecule has 8 heteroatoms. The molecular weight excluding hydrogens is 395 g/mol. The Bertz CT molecular complexity index is 963. The fourth-order valence-corrected chi connectivity index (χ4v) is 4.63. The first-order chi connectivity index (χ1) is 12.2. The minimum Gasteiger partial charge on any atom is -0.307 e. The Hall–Kier alpha value is -1.76. The number of benzene rings is 2. The third kappa shape index (κ3) is 3.68. The van der Waals surface area contributed by atoms with Crippen molar-refractivity contribution in [1.82, 2.24) is 0 Å². The molecule has 1 atom stereocenters. The number of hydrogen-bond donors (Lipinski definition) is 0. The van der Waals surface area contributed by atoms with Crippen molar-refractivity contribution >= 4 is 50.5 Å². The normalized spacial score (nSPS) is 16.5. The first kappa shape index (κ1) is 19.0. The second-order valence-electron chi connectivity index (χ2n) is 6.31. The van der Waals surface area contributed by atoms with Crippen molar-refractivity contribution in [3.8, 4) is 0 Å².